The molecule has 0 unspecified atom stereocenters. The van der Waals surface area contributed by atoms with Gasteiger partial charge in [-0.05, 0) is 57.1 Å². The minimum absolute atomic E-state index is 0.0349. The third-order valence-corrected chi connectivity index (χ3v) is 6.33. The van der Waals surface area contributed by atoms with Crippen LogP contribution in [0.1, 0.15) is 52.0 Å². The Hall–Kier alpha value is -1.88. The SMILES string of the molecule is CCN1C(=O)N(CCC(C)C)C2(CCN(CCCc3ccccc3)CC2)C1=O. The lowest BCUT2D eigenvalue weighted by Crippen LogP contribution is -2.57. The third-order valence-electron chi connectivity index (χ3n) is 6.33. The number of benzene rings is 1. The van der Waals surface area contributed by atoms with Gasteiger partial charge in [-0.2, -0.15) is 0 Å². The van der Waals surface area contributed by atoms with Crippen molar-refractivity contribution in [1.29, 1.82) is 0 Å². The van der Waals surface area contributed by atoms with Gasteiger partial charge in [0, 0.05) is 26.2 Å². The summed E-state index contributed by atoms with van der Waals surface area (Å²) in [5.41, 5.74) is 0.781. The molecule has 2 fully saturated rings. The average molecular weight is 386 g/mol. The summed E-state index contributed by atoms with van der Waals surface area (Å²) in [6, 6.07) is 10.5. The van der Waals surface area contributed by atoms with Crippen molar-refractivity contribution in [3.05, 3.63) is 35.9 Å². The first kappa shape index (κ1) is 20.8. The lowest BCUT2D eigenvalue weighted by molar-refractivity contribution is -0.135. The molecule has 3 rings (SSSR count). The van der Waals surface area contributed by atoms with Crippen LogP contribution in [0.2, 0.25) is 0 Å². The average Bonchev–Trinajstić information content (AvgIpc) is 2.88. The highest BCUT2D eigenvalue weighted by Gasteiger charge is 2.57. The molecule has 2 saturated heterocycles. The summed E-state index contributed by atoms with van der Waals surface area (Å²) >= 11 is 0. The Labute approximate surface area is 169 Å². The van der Waals surface area contributed by atoms with Crippen molar-refractivity contribution in [2.75, 3.05) is 32.7 Å². The van der Waals surface area contributed by atoms with Crippen LogP contribution in [0.4, 0.5) is 4.79 Å². The third kappa shape index (κ3) is 4.24. The summed E-state index contributed by atoms with van der Waals surface area (Å²) in [4.78, 5) is 31.8. The zero-order valence-electron chi connectivity index (χ0n) is 17.7. The zero-order valence-corrected chi connectivity index (χ0v) is 17.7. The fourth-order valence-corrected chi connectivity index (χ4v) is 4.54. The molecule has 1 aromatic carbocycles. The van der Waals surface area contributed by atoms with E-state index in [4.69, 9.17) is 0 Å². The van der Waals surface area contributed by atoms with Crippen molar-refractivity contribution < 1.29 is 9.59 Å². The minimum Gasteiger partial charge on any atom is -0.309 e. The van der Waals surface area contributed by atoms with Crippen LogP contribution in [0.3, 0.4) is 0 Å². The van der Waals surface area contributed by atoms with Crippen LogP contribution in [0.5, 0.6) is 0 Å². The Kier molecular flexibility index (Phi) is 6.76. The lowest BCUT2D eigenvalue weighted by atomic mass is 9.85. The molecule has 5 nitrogen and oxygen atoms in total. The molecule has 3 amide bonds. The monoisotopic (exact) mass is 385 g/mol. The number of hydrogen-bond acceptors (Lipinski definition) is 3. The Morgan fingerprint density at radius 2 is 1.71 bits per heavy atom. The second-order valence-corrected chi connectivity index (χ2v) is 8.63. The quantitative estimate of drug-likeness (QED) is 0.640. The number of imide groups is 1. The molecule has 28 heavy (non-hydrogen) atoms. The van der Waals surface area contributed by atoms with E-state index < -0.39 is 5.54 Å². The molecule has 0 bridgehead atoms. The number of rotatable bonds is 8. The molecule has 154 valence electrons. The molecular formula is C23H35N3O2. The van der Waals surface area contributed by atoms with E-state index in [9.17, 15) is 9.59 Å². The normalized spacial score (nSPS) is 20.0. The molecule has 2 heterocycles. The molecule has 0 saturated carbocycles. The summed E-state index contributed by atoms with van der Waals surface area (Å²) in [6.07, 6.45) is 4.68. The molecule has 2 aliphatic heterocycles. The Morgan fingerprint density at radius 3 is 2.32 bits per heavy atom. The summed E-state index contributed by atoms with van der Waals surface area (Å²) in [5.74, 6) is 0.557. The van der Waals surface area contributed by atoms with Gasteiger partial charge in [-0.25, -0.2) is 4.79 Å². The van der Waals surface area contributed by atoms with Gasteiger partial charge in [0.2, 0.25) is 0 Å². The fraction of sp³-hybridized carbons (Fsp3) is 0.652. The number of amides is 3. The van der Waals surface area contributed by atoms with Crippen molar-refractivity contribution >= 4 is 11.9 Å². The molecule has 1 aromatic rings. The first-order valence-electron chi connectivity index (χ1n) is 10.9. The molecule has 0 aliphatic carbocycles. The largest absolute Gasteiger partial charge is 0.327 e. The predicted octanol–water partition coefficient (Wildman–Crippen LogP) is 3.78. The van der Waals surface area contributed by atoms with E-state index in [0.29, 0.717) is 19.0 Å². The molecule has 0 atom stereocenters. The van der Waals surface area contributed by atoms with Gasteiger partial charge in [-0.3, -0.25) is 9.69 Å². The molecule has 0 aromatic heterocycles. The van der Waals surface area contributed by atoms with E-state index in [-0.39, 0.29) is 11.9 Å². The van der Waals surface area contributed by atoms with Crippen molar-refractivity contribution in [2.24, 2.45) is 5.92 Å². The summed E-state index contributed by atoms with van der Waals surface area (Å²) in [5, 5.41) is 0. The van der Waals surface area contributed by atoms with Crippen LogP contribution in [0, 0.1) is 5.92 Å². The van der Waals surface area contributed by atoms with Gasteiger partial charge < -0.3 is 9.80 Å². The molecule has 2 aliphatic rings. The first-order valence-corrected chi connectivity index (χ1v) is 10.9. The van der Waals surface area contributed by atoms with Crippen LogP contribution in [0.25, 0.3) is 0 Å². The highest BCUT2D eigenvalue weighted by molar-refractivity contribution is 6.07. The topological polar surface area (TPSA) is 43.9 Å². The van der Waals surface area contributed by atoms with Crippen molar-refractivity contribution in [2.45, 2.75) is 58.4 Å². The zero-order chi connectivity index (χ0) is 20.1. The highest BCUT2D eigenvalue weighted by atomic mass is 16.2. The maximum absolute atomic E-state index is 13.1. The number of hydrogen-bond donors (Lipinski definition) is 0. The van der Waals surface area contributed by atoms with Crippen LogP contribution >= 0.6 is 0 Å². The van der Waals surface area contributed by atoms with Crippen molar-refractivity contribution in [3.8, 4) is 0 Å². The van der Waals surface area contributed by atoms with E-state index in [1.165, 1.54) is 10.5 Å². The van der Waals surface area contributed by atoms with Gasteiger partial charge >= 0.3 is 6.03 Å². The van der Waals surface area contributed by atoms with E-state index >= 15 is 0 Å². The van der Waals surface area contributed by atoms with Gasteiger partial charge in [-0.1, -0.05) is 44.2 Å². The minimum atomic E-state index is -0.599. The Bertz CT molecular complexity index is 666. The van der Waals surface area contributed by atoms with E-state index in [1.807, 2.05) is 11.8 Å². The smallest absolute Gasteiger partial charge is 0.309 e. The van der Waals surface area contributed by atoms with Gasteiger partial charge in [0.05, 0.1) is 0 Å². The van der Waals surface area contributed by atoms with Gasteiger partial charge in [0.15, 0.2) is 0 Å². The summed E-state index contributed by atoms with van der Waals surface area (Å²) in [7, 11) is 0. The van der Waals surface area contributed by atoms with E-state index in [2.05, 4.69) is 49.1 Å². The molecule has 1 spiro atoms. The number of aryl methyl sites for hydroxylation is 1. The van der Waals surface area contributed by atoms with Crippen molar-refractivity contribution in [1.82, 2.24) is 14.7 Å². The first-order chi connectivity index (χ1) is 13.5. The summed E-state index contributed by atoms with van der Waals surface area (Å²) in [6.45, 7) is 10.2. The fourth-order valence-electron chi connectivity index (χ4n) is 4.54. The second kappa shape index (κ2) is 9.08. The van der Waals surface area contributed by atoms with Gasteiger partial charge in [0.1, 0.15) is 5.54 Å². The second-order valence-electron chi connectivity index (χ2n) is 8.63. The molecule has 0 radical (unpaired) electrons. The maximum Gasteiger partial charge on any atom is 0.327 e. The van der Waals surface area contributed by atoms with Crippen LogP contribution in [-0.2, 0) is 11.2 Å². The number of likely N-dealkylation sites (N-methyl/N-ethyl adjacent to an activating group) is 1. The molecule has 5 heteroatoms. The van der Waals surface area contributed by atoms with E-state index in [0.717, 1.165) is 51.7 Å². The van der Waals surface area contributed by atoms with Crippen molar-refractivity contribution in [3.63, 3.8) is 0 Å². The number of carbonyl (C=O) groups is 2. The van der Waals surface area contributed by atoms with Crippen LogP contribution in [-0.4, -0.2) is 64.9 Å². The van der Waals surface area contributed by atoms with Crippen LogP contribution in [0.15, 0.2) is 30.3 Å². The number of likely N-dealkylation sites (tertiary alicyclic amines) is 1. The maximum atomic E-state index is 13.1. The number of carbonyl (C=O) groups excluding carboxylic acids is 2. The van der Waals surface area contributed by atoms with Gasteiger partial charge in [0.25, 0.3) is 5.91 Å². The number of piperidine rings is 1. The predicted molar refractivity (Wildman–Crippen MR) is 112 cm³/mol. The number of nitrogens with zero attached hydrogens (tertiary/aromatic N) is 3. The standard InChI is InChI=1S/C23H35N3O2/c1-4-25-21(27)23(26(22(25)28)16-12-19(2)3)13-17-24(18-14-23)15-8-11-20-9-6-5-7-10-20/h5-7,9-10,19H,4,8,11-18H2,1-3H3. The van der Waals surface area contributed by atoms with Gasteiger partial charge in [-0.15, -0.1) is 0 Å². The molecule has 0 N–H and O–H groups in total. The van der Waals surface area contributed by atoms with E-state index in [1.54, 1.807) is 0 Å². The Balaban J connectivity index is 1.59. The number of urea groups is 1. The highest BCUT2D eigenvalue weighted by Crippen LogP contribution is 2.37. The Morgan fingerprint density at radius 1 is 1.04 bits per heavy atom. The summed E-state index contributed by atoms with van der Waals surface area (Å²) < 4.78 is 0. The molecular weight excluding hydrogens is 350 g/mol. The lowest BCUT2D eigenvalue weighted by Gasteiger charge is -2.42. The van der Waals surface area contributed by atoms with Crippen LogP contribution < -0.4 is 0 Å².